The second-order valence-electron chi connectivity index (χ2n) is 1.47. The first kappa shape index (κ1) is 9.93. The lowest BCUT2D eigenvalue weighted by Gasteiger charge is -2.01. The highest BCUT2D eigenvalue weighted by Gasteiger charge is 2.00. The van der Waals surface area contributed by atoms with E-state index in [-0.39, 0.29) is 0 Å². The van der Waals surface area contributed by atoms with E-state index in [9.17, 15) is 0 Å². The standard InChI is InChI=1S/C5H7I3/c1-4(7)2-5(8)3-6/h5H,1-3H2. The Balaban J connectivity index is 3.24. The van der Waals surface area contributed by atoms with Crippen LogP contribution in [0.3, 0.4) is 0 Å². The largest absolute Gasteiger partial charge is 0.0897 e. The quantitative estimate of drug-likeness (QED) is 0.458. The second kappa shape index (κ2) is 5.70. The lowest BCUT2D eigenvalue weighted by atomic mass is 10.3. The molecule has 0 nitrogen and oxygen atoms in total. The minimum Gasteiger partial charge on any atom is -0.0897 e. The summed E-state index contributed by atoms with van der Waals surface area (Å²) in [5.41, 5.74) is 0. The monoisotopic (exact) mass is 448 g/mol. The predicted molar refractivity (Wildman–Crippen MR) is 64.5 cm³/mol. The first-order valence-corrected chi connectivity index (χ1v) is 6.05. The maximum absolute atomic E-state index is 3.82. The van der Waals surface area contributed by atoms with Crippen LogP contribution in [0.15, 0.2) is 10.2 Å². The van der Waals surface area contributed by atoms with E-state index in [1.165, 1.54) is 8.01 Å². The Morgan fingerprint density at radius 2 is 2.12 bits per heavy atom. The first-order valence-electron chi connectivity index (χ1n) is 2.20. The highest BCUT2D eigenvalue weighted by atomic mass is 127. The summed E-state index contributed by atoms with van der Waals surface area (Å²) in [4.78, 5) is 0. The summed E-state index contributed by atoms with van der Waals surface area (Å²) in [7, 11) is 0. The van der Waals surface area contributed by atoms with Crippen molar-refractivity contribution < 1.29 is 0 Å². The number of alkyl halides is 2. The third kappa shape index (κ3) is 6.06. The van der Waals surface area contributed by atoms with Gasteiger partial charge in [0.15, 0.2) is 0 Å². The molecule has 0 N–H and O–H groups in total. The zero-order chi connectivity index (χ0) is 6.57. The van der Waals surface area contributed by atoms with E-state index < -0.39 is 0 Å². The van der Waals surface area contributed by atoms with E-state index in [0.29, 0.717) is 0 Å². The molecule has 0 aliphatic heterocycles. The van der Waals surface area contributed by atoms with Crippen LogP contribution in [0, 0.1) is 0 Å². The SMILES string of the molecule is C=C(I)CC(I)CI. The fourth-order valence-corrected chi connectivity index (χ4v) is 2.51. The fourth-order valence-electron chi connectivity index (χ4n) is 0.295. The molecule has 3 heteroatoms. The molecule has 0 aliphatic rings. The summed E-state index contributed by atoms with van der Waals surface area (Å²) in [6.45, 7) is 3.82. The van der Waals surface area contributed by atoms with Crippen LogP contribution in [0.4, 0.5) is 0 Å². The highest BCUT2D eigenvalue weighted by molar-refractivity contribution is 14.1. The van der Waals surface area contributed by atoms with Gasteiger partial charge >= 0.3 is 0 Å². The summed E-state index contributed by atoms with van der Waals surface area (Å²) in [5.74, 6) is 0. The van der Waals surface area contributed by atoms with Crippen LogP contribution in [0.25, 0.3) is 0 Å². The Morgan fingerprint density at radius 3 is 2.25 bits per heavy atom. The third-order valence-electron chi connectivity index (χ3n) is 0.610. The Bertz CT molecular complexity index is 79.7. The molecule has 0 fully saturated rings. The minimum absolute atomic E-state index is 0.776. The average molecular weight is 448 g/mol. The summed E-state index contributed by atoms with van der Waals surface area (Å²) in [5, 5.41) is 0. The van der Waals surface area contributed by atoms with Gasteiger partial charge in [0, 0.05) is 8.35 Å². The van der Waals surface area contributed by atoms with Crippen LogP contribution >= 0.6 is 67.8 Å². The van der Waals surface area contributed by atoms with Gasteiger partial charge in [-0.05, 0) is 32.6 Å². The van der Waals surface area contributed by atoms with Gasteiger partial charge in [-0.1, -0.05) is 51.8 Å². The Labute approximate surface area is 91.3 Å². The van der Waals surface area contributed by atoms with Gasteiger partial charge < -0.3 is 0 Å². The van der Waals surface area contributed by atoms with Crippen molar-refractivity contribution in [1.29, 1.82) is 0 Å². The van der Waals surface area contributed by atoms with Gasteiger partial charge in [-0.3, -0.25) is 0 Å². The van der Waals surface area contributed by atoms with Crippen molar-refractivity contribution in [3.8, 4) is 0 Å². The predicted octanol–water partition coefficient (Wildman–Crippen LogP) is 3.56. The van der Waals surface area contributed by atoms with E-state index in [0.717, 1.165) is 10.3 Å². The lowest BCUT2D eigenvalue weighted by molar-refractivity contribution is 1.04. The van der Waals surface area contributed by atoms with E-state index >= 15 is 0 Å². The number of hydrogen-bond donors (Lipinski definition) is 0. The normalized spacial score (nSPS) is 13.4. The van der Waals surface area contributed by atoms with Crippen LogP contribution in [-0.4, -0.2) is 8.35 Å². The second-order valence-corrected chi connectivity index (χ2v) is 5.64. The Kier molecular flexibility index (Phi) is 7.07. The fraction of sp³-hybridized carbons (Fsp3) is 0.600. The van der Waals surface area contributed by atoms with Crippen molar-refractivity contribution in [3.05, 3.63) is 10.2 Å². The molecule has 0 spiro atoms. The van der Waals surface area contributed by atoms with Crippen LogP contribution in [0.5, 0.6) is 0 Å². The topological polar surface area (TPSA) is 0 Å². The number of rotatable bonds is 3. The maximum atomic E-state index is 3.82. The summed E-state index contributed by atoms with van der Waals surface area (Å²) >= 11 is 7.12. The molecule has 0 amide bonds. The van der Waals surface area contributed by atoms with Gasteiger partial charge in [0.2, 0.25) is 0 Å². The molecule has 0 heterocycles. The number of halogens is 3. The molecule has 48 valence electrons. The summed E-state index contributed by atoms with van der Waals surface area (Å²) in [6.07, 6.45) is 1.16. The van der Waals surface area contributed by atoms with E-state index in [1.807, 2.05) is 0 Å². The zero-order valence-electron chi connectivity index (χ0n) is 4.33. The minimum atomic E-state index is 0.776. The van der Waals surface area contributed by atoms with Gasteiger partial charge in [-0.15, -0.1) is 0 Å². The molecular weight excluding hydrogens is 441 g/mol. The van der Waals surface area contributed by atoms with Gasteiger partial charge in [-0.25, -0.2) is 0 Å². The van der Waals surface area contributed by atoms with Crippen molar-refractivity contribution >= 4 is 67.8 Å². The van der Waals surface area contributed by atoms with Crippen LogP contribution in [0.2, 0.25) is 0 Å². The Hall–Kier alpha value is 1.93. The van der Waals surface area contributed by atoms with Crippen LogP contribution in [0.1, 0.15) is 6.42 Å². The van der Waals surface area contributed by atoms with Gasteiger partial charge in [-0.2, -0.15) is 0 Å². The van der Waals surface area contributed by atoms with Crippen molar-refractivity contribution in [3.63, 3.8) is 0 Å². The third-order valence-corrected chi connectivity index (χ3v) is 4.68. The smallest absolute Gasteiger partial charge is 0.0244 e. The zero-order valence-corrected chi connectivity index (χ0v) is 10.8. The molecule has 0 bridgehead atoms. The van der Waals surface area contributed by atoms with E-state index in [1.54, 1.807) is 0 Å². The van der Waals surface area contributed by atoms with E-state index in [2.05, 4.69) is 74.4 Å². The van der Waals surface area contributed by atoms with Crippen molar-refractivity contribution in [2.45, 2.75) is 10.3 Å². The molecule has 1 unspecified atom stereocenters. The van der Waals surface area contributed by atoms with Crippen LogP contribution in [-0.2, 0) is 0 Å². The molecule has 0 radical (unpaired) electrons. The molecule has 8 heavy (non-hydrogen) atoms. The molecule has 0 aromatic heterocycles. The maximum Gasteiger partial charge on any atom is 0.0244 e. The molecule has 0 rings (SSSR count). The Morgan fingerprint density at radius 1 is 1.62 bits per heavy atom. The average Bonchev–Trinajstić information content (AvgIpc) is 1.65. The highest BCUT2D eigenvalue weighted by Crippen LogP contribution is 2.18. The number of allylic oxidation sites excluding steroid dienone is 1. The van der Waals surface area contributed by atoms with Gasteiger partial charge in [0.25, 0.3) is 0 Å². The van der Waals surface area contributed by atoms with Gasteiger partial charge in [0.1, 0.15) is 0 Å². The van der Waals surface area contributed by atoms with Crippen molar-refractivity contribution in [2.75, 3.05) is 4.43 Å². The molecule has 1 atom stereocenters. The molecule has 0 saturated carbocycles. The molecule has 0 aromatic rings. The lowest BCUT2D eigenvalue weighted by Crippen LogP contribution is -1.96. The van der Waals surface area contributed by atoms with E-state index in [4.69, 9.17) is 0 Å². The summed E-state index contributed by atoms with van der Waals surface area (Å²) < 4.78 is 3.26. The first-order chi connectivity index (χ1) is 3.66. The molecule has 0 saturated heterocycles. The van der Waals surface area contributed by atoms with Crippen molar-refractivity contribution in [1.82, 2.24) is 0 Å². The molecule has 0 aliphatic carbocycles. The van der Waals surface area contributed by atoms with Crippen molar-refractivity contribution in [2.24, 2.45) is 0 Å². The molecular formula is C5H7I3. The van der Waals surface area contributed by atoms with Gasteiger partial charge in [0.05, 0.1) is 0 Å². The van der Waals surface area contributed by atoms with Crippen LogP contribution < -0.4 is 0 Å². The number of hydrogen-bond acceptors (Lipinski definition) is 0. The summed E-state index contributed by atoms with van der Waals surface area (Å²) in [6, 6.07) is 0. The molecule has 0 aromatic carbocycles.